The zero-order valence-electron chi connectivity index (χ0n) is 11.0. The molecule has 3 nitrogen and oxygen atoms in total. The summed E-state index contributed by atoms with van der Waals surface area (Å²) >= 11 is 0. The van der Waals surface area contributed by atoms with Gasteiger partial charge in [-0.15, -0.1) is 0 Å². The number of aromatic nitrogens is 3. The van der Waals surface area contributed by atoms with Crippen LogP contribution in [0.3, 0.4) is 0 Å². The van der Waals surface area contributed by atoms with E-state index >= 15 is 0 Å². The molecule has 0 atom stereocenters. The average Bonchev–Trinajstić information content (AvgIpc) is 2.86. The van der Waals surface area contributed by atoms with Crippen LogP contribution in [0.5, 0.6) is 0 Å². The van der Waals surface area contributed by atoms with Crippen LogP contribution in [0, 0.1) is 13.8 Å². The van der Waals surface area contributed by atoms with E-state index in [1.54, 1.807) is 0 Å². The SMILES string of the molecule is Cc1cc(-c2ccccc2)nc(-c2cc(C)[nH]n2)c1. The zero-order chi connectivity index (χ0) is 13.2. The summed E-state index contributed by atoms with van der Waals surface area (Å²) in [6.45, 7) is 4.07. The molecule has 2 heterocycles. The molecule has 1 N–H and O–H groups in total. The summed E-state index contributed by atoms with van der Waals surface area (Å²) in [6, 6.07) is 16.4. The minimum atomic E-state index is 0.887. The fourth-order valence-electron chi connectivity index (χ4n) is 2.10. The Morgan fingerprint density at radius 2 is 1.58 bits per heavy atom. The first-order valence-electron chi connectivity index (χ1n) is 6.29. The predicted molar refractivity (Wildman–Crippen MR) is 76.7 cm³/mol. The second kappa shape index (κ2) is 4.69. The molecule has 0 bridgehead atoms. The highest BCUT2D eigenvalue weighted by atomic mass is 15.1. The Hall–Kier alpha value is -2.42. The summed E-state index contributed by atoms with van der Waals surface area (Å²) < 4.78 is 0. The van der Waals surface area contributed by atoms with Crippen molar-refractivity contribution in [2.45, 2.75) is 13.8 Å². The number of hydrogen-bond acceptors (Lipinski definition) is 2. The Morgan fingerprint density at radius 3 is 2.26 bits per heavy atom. The monoisotopic (exact) mass is 249 g/mol. The van der Waals surface area contributed by atoms with Crippen molar-refractivity contribution in [1.82, 2.24) is 15.2 Å². The van der Waals surface area contributed by atoms with E-state index in [2.05, 4.69) is 41.4 Å². The van der Waals surface area contributed by atoms with Gasteiger partial charge >= 0.3 is 0 Å². The molecular formula is C16H15N3. The summed E-state index contributed by atoms with van der Waals surface area (Å²) in [5.41, 5.74) is 6.13. The number of H-pyrrole nitrogens is 1. The van der Waals surface area contributed by atoms with Gasteiger partial charge in [0.15, 0.2) is 0 Å². The van der Waals surface area contributed by atoms with Gasteiger partial charge in [-0.25, -0.2) is 4.98 Å². The maximum atomic E-state index is 4.70. The molecule has 2 aromatic heterocycles. The van der Waals surface area contributed by atoms with Crippen LogP contribution in [0.15, 0.2) is 48.5 Å². The van der Waals surface area contributed by atoms with Crippen LogP contribution in [0.1, 0.15) is 11.3 Å². The zero-order valence-corrected chi connectivity index (χ0v) is 11.0. The number of aryl methyl sites for hydroxylation is 2. The van der Waals surface area contributed by atoms with Crippen molar-refractivity contribution in [2.75, 3.05) is 0 Å². The lowest BCUT2D eigenvalue weighted by Gasteiger charge is -2.05. The summed E-state index contributed by atoms with van der Waals surface area (Å²) in [6.07, 6.45) is 0. The maximum absolute atomic E-state index is 4.70. The Labute approximate surface area is 112 Å². The highest BCUT2D eigenvalue weighted by Gasteiger charge is 2.07. The fourth-order valence-corrected chi connectivity index (χ4v) is 2.10. The van der Waals surface area contributed by atoms with Gasteiger partial charge in [0.05, 0.1) is 11.4 Å². The van der Waals surface area contributed by atoms with Gasteiger partial charge < -0.3 is 0 Å². The van der Waals surface area contributed by atoms with E-state index in [4.69, 9.17) is 4.98 Å². The summed E-state index contributed by atoms with van der Waals surface area (Å²) in [7, 11) is 0. The van der Waals surface area contributed by atoms with Gasteiger partial charge in [-0.05, 0) is 37.6 Å². The quantitative estimate of drug-likeness (QED) is 0.751. The largest absolute Gasteiger partial charge is 0.282 e. The van der Waals surface area contributed by atoms with Crippen molar-refractivity contribution in [3.8, 4) is 22.6 Å². The average molecular weight is 249 g/mol. The molecule has 0 amide bonds. The molecule has 3 heteroatoms. The lowest BCUT2D eigenvalue weighted by Crippen LogP contribution is -1.90. The van der Waals surface area contributed by atoms with Gasteiger partial charge in [-0.2, -0.15) is 5.10 Å². The topological polar surface area (TPSA) is 41.6 Å². The number of nitrogens with one attached hydrogen (secondary N) is 1. The first-order valence-corrected chi connectivity index (χ1v) is 6.29. The molecule has 0 unspecified atom stereocenters. The molecular weight excluding hydrogens is 234 g/mol. The van der Waals surface area contributed by atoms with Gasteiger partial charge in [-0.1, -0.05) is 30.3 Å². The third-order valence-electron chi connectivity index (χ3n) is 3.01. The molecule has 0 aliphatic heterocycles. The lowest BCUT2D eigenvalue weighted by atomic mass is 10.1. The van der Waals surface area contributed by atoms with E-state index < -0.39 is 0 Å². The van der Waals surface area contributed by atoms with E-state index in [1.807, 2.05) is 31.2 Å². The van der Waals surface area contributed by atoms with Crippen molar-refractivity contribution < 1.29 is 0 Å². The van der Waals surface area contributed by atoms with Crippen LogP contribution in [-0.4, -0.2) is 15.2 Å². The maximum Gasteiger partial charge on any atom is 0.111 e. The van der Waals surface area contributed by atoms with E-state index in [0.717, 1.165) is 28.3 Å². The standard InChI is InChI=1S/C16H15N3/c1-11-8-14(13-6-4-3-5-7-13)17-15(9-11)16-10-12(2)18-19-16/h3-10H,1-2H3,(H,18,19). The minimum absolute atomic E-state index is 0.887. The normalized spacial score (nSPS) is 10.6. The first-order chi connectivity index (χ1) is 9.22. The van der Waals surface area contributed by atoms with E-state index in [9.17, 15) is 0 Å². The van der Waals surface area contributed by atoms with Crippen LogP contribution >= 0.6 is 0 Å². The molecule has 94 valence electrons. The van der Waals surface area contributed by atoms with Crippen LogP contribution < -0.4 is 0 Å². The third-order valence-corrected chi connectivity index (χ3v) is 3.01. The summed E-state index contributed by atoms with van der Waals surface area (Å²) in [4.78, 5) is 4.70. The van der Waals surface area contributed by atoms with Crippen molar-refractivity contribution in [1.29, 1.82) is 0 Å². The Morgan fingerprint density at radius 1 is 0.842 bits per heavy atom. The Bertz CT molecular complexity index is 699. The van der Waals surface area contributed by atoms with Gasteiger partial charge in [-0.3, -0.25) is 5.10 Å². The molecule has 3 rings (SSSR count). The molecule has 0 aliphatic carbocycles. The summed E-state index contributed by atoms with van der Waals surface area (Å²) in [5, 5.41) is 7.23. The number of hydrogen-bond donors (Lipinski definition) is 1. The second-order valence-corrected chi connectivity index (χ2v) is 4.72. The molecule has 0 spiro atoms. The predicted octanol–water partition coefficient (Wildman–Crippen LogP) is 3.76. The van der Waals surface area contributed by atoms with Crippen molar-refractivity contribution in [3.63, 3.8) is 0 Å². The van der Waals surface area contributed by atoms with Gasteiger partial charge in [0.1, 0.15) is 5.69 Å². The van der Waals surface area contributed by atoms with Gasteiger partial charge in [0.2, 0.25) is 0 Å². The number of benzene rings is 1. The van der Waals surface area contributed by atoms with E-state index in [-0.39, 0.29) is 0 Å². The molecule has 0 aliphatic rings. The second-order valence-electron chi connectivity index (χ2n) is 4.72. The number of pyridine rings is 1. The van der Waals surface area contributed by atoms with Crippen molar-refractivity contribution >= 4 is 0 Å². The highest BCUT2D eigenvalue weighted by Crippen LogP contribution is 2.23. The van der Waals surface area contributed by atoms with Crippen molar-refractivity contribution in [2.24, 2.45) is 0 Å². The van der Waals surface area contributed by atoms with Crippen LogP contribution in [-0.2, 0) is 0 Å². The molecule has 0 saturated heterocycles. The third kappa shape index (κ3) is 2.40. The molecule has 0 radical (unpaired) electrons. The Kier molecular flexibility index (Phi) is 2.88. The molecule has 0 fully saturated rings. The van der Waals surface area contributed by atoms with Crippen LogP contribution in [0.4, 0.5) is 0 Å². The lowest BCUT2D eigenvalue weighted by molar-refractivity contribution is 1.04. The summed E-state index contributed by atoms with van der Waals surface area (Å²) in [5.74, 6) is 0. The van der Waals surface area contributed by atoms with Crippen molar-refractivity contribution in [3.05, 3.63) is 59.8 Å². The van der Waals surface area contributed by atoms with Gasteiger partial charge in [0.25, 0.3) is 0 Å². The smallest absolute Gasteiger partial charge is 0.111 e. The molecule has 3 aromatic rings. The fraction of sp³-hybridized carbons (Fsp3) is 0.125. The Balaban J connectivity index is 2.11. The van der Waals surface area contributed by atoms with E-state index in [1.165, 1.54) is 5.56 Å². The minimum Gasteiger partial charge on any atom is -0.282 e. The highest BCUT2D eigenvalue weighted by molar-refractivity contribution is 5.65. The van der Waals surface area contributed by atoms with Crippen LogP contribution in [0.25, 0.3) is 22.6 Å². The van der Waals surface area contributed by atoms with E-state index in [0.29, 0.717) is 0 Å². The number of nitrogens with zero attached hydrogens (tertiary/aromatic N) is 2. The first kappa shape index (κ1) is 11.7. The molecule has 1 aromatic carbocycles. The number of aromatic amines is 1. The molecule has 19 heavy (non-hydrogen) atoms. The van der Waals surface area contributed by atoms with Crippen LogP contribution in [0.2, 0.25) is 0 Å². The van der Waals surface area contributed by atoms with Gasteiger partial charge in [0, 0.05) is 11.3 Å². The number of rotatable bonds is 2. The molecule has 0 saturated carbocycles.